The molecule has 1 fully saturated rings. The Bertz CT molecular complexity index is 1060. The second-order valence-corrected chi connectivity index (χ2v) is 7.08. The van der Waals surface area contributed by atoms with Gasteiger partial charge in [0.1, 0.15) is 18.2 Å². The van der Waals surface area contributed by atoms with Gasteiger partial charge >= 0.3 is 6.18 Å². The van der Waals surface area contributed by atoms with Crippen molar-refractivity contribution in [2.75, 3.05) is 13.1 Å². The highest BCUT2D eigenvalue weighted by atomic mass is 35.5. The summed E-state index contributed by atoms with van der Waals surface area (Å²) in [6, 6.07) is 6.57. The number of fused-ring (bicyclic) bond motifs is 1. The number of amides is 1. The first-order valence-corrected chi connectivity index (χ1v) is 8.84. The molecule has 146 valence electrons. The number of nitrogens with zero attached hydrogens (tertiary/aromatic N) is 3. The minimum absolute atomic E-state index is 0.0519. The third-order valence-corrected chi connectivity index (χ3v) is 4.97. The van der Waals surface area contributed by atoms with Crippen LogP contribution in [0.3, 0.4) is 0 Å². The van der Waals surface area contributed by atoms with Gasteiger partial charge in [-0.3, -0.25) is 9.78 Å². The first kappa shape index (κ1) is 18.7. The van der Waals surface area contributed by atoms with Crippen LogP contribution in [-0.2, 0) is 17.5 Å². The molecule has 0 spiro atoms. The first-order valence-electron chi connectivity index (χ1n) is 8.46. The summed E-state index contributed by atoms with van der Waals surface area (Å²) < 4.78 is 53.5. The van der Waals surface area contributed by atoms with Gasteiger partial charge in [0.15, 0.2) is 0 Å². The van der Waals surface area contributed by atoms with E-state index in [0.29, 0.717) is 27.2 Å². The quantitative estimate of drug-likeness (QED) is 0.593. The van der Waals surface area contributed by atoms with Gasteiger partial charge in [-0.25, -0.2) is 4.39 Å². The molecule has 3 heterocycles. The molecule has 0 radical (unpaired) electrons. The lowest BCUT2D eigenvalue weighted by Crippen LogP contribution is -2.52. The maximum absolute atomic E-state index is 13.0. The molecule has 1 aliphatic rings. The molecule has 1 amide bonds. The first-order chi connectivity index (χ1) is 13.2. The Hall–Kier alpha value is -2.61. The van der Waals surface area contributed by atoms with Crippen molar-refractivity contribution >= 4 is 28.5 Å². The Kier molecular flexibility index (Phi) is 4.53. The zero-order valence-corrected chi connectivity index (χ0v) is 15.1. The molecule has 0 saturated carbocycles. The number of benzene rings is 1. The predicted octanol–water partition coefficient (Wildman–Crippen LogP) is 4.56. The topological polar surface area (TPSA) is 38.1 Å². The Labute approximate surface area is 162 Å². The van der Waals surface area contributed by atoms with Crippen LogP contribution < -0.4 is 0 Å². The Morgan fingerprint density at radius 3 is 2.64 bits per heavy atom. The number of hydrogen-bond acceptors (Lipinski definition) is 2. The molecule has 0 aliphatic carbocycles. The molecule has 1 aliphatic heterocycles. The Morgan fingerprint density at radius 2 is 1.96 bits per heavy atom. The van der Waals surface area contributed by atoms with Crippen LogP contribution in [0.15, 0.2) is 42.7 Å². The lowest BCUT2D eigenvalue weighted by atomic mass is 10.0. The fourth-order valence-electron chi connectivity index (χ4n) is 3.16. The normalized spacial score (nSPS) is 15.1. The maximum Gasteiger partial charge on any atom is 0.416 e. The number of alkyl halides is 4. The fraction of sp³-hybridized carbons (Fsp3) is 0.263. The second kappa shape index (κ2) is 6.77. The third-order valence-electron chi connectivity index (χ3n) is 4.69. The van der Waals surface area contributed by atoms with Gasteiger partial charge in [-0.2, -0.15) is 13.2 Å². The SMILES string of the molecule is O=C(Cn1cc(Cl)c2ncc(-c3cccc(C(F)(F)F)c3)cc21)N1CC(F)C1. The molecule has 0 atom stereocenters. The van der Waals surface area contributed by atoms with Gasteiger partial charge in [-0.15, -0.1) is 0 Å². The predicted molar refractivity (Wildman–Crippen MR) is 96.7 cm³/mol. The number of hydrogen-bond donors (Lipinski definition) is 0. The molecular formula is C19H14ClF4N3O. The van der Waals surface area contributed by atoms with Crippen molar-refractivity contribution in [1.82, 2.24) is 14.5 Å². The summed E-state index contributed by atoms with van der Waals surface area (Å²) in [5.41, 5.74) is 1.02. The summed E-state index contributed by atoms with van der Waals surface area (Å²) >= 11 is 6.18. The van der Waals surface area contributed by atoms with E-state index in [9.17, 15) is 22.4 Å². The molecule has 0 unspecified atom stereocenters. The fourth-order valence-corrected chi connectivity index (χ4v) is 3.42. The number of rotatable bonds is 3. The number of pyridine rings is 1. The number of carbonyl (C=O) groups is 1. The minimum atomic E-state index is -4.45. The van der Waals surface area contributed by atoms with Gasteiger partial charge in [-0.05, 0) is 23.8 Å². The van der Waals surface area contributed by atoms with Crippen molar-refractivity contribution in [2.45, 2.75) is 18.9 Å². The van der Waals surface area contributed by atoms with Crippen LogP contribution in [0.2, 0.25) is 5.02 Å². The summed E-state index contributed by atoms with van der Waals surface area (Å²) in [6.45, 7) is 0.0860. The van der Waals surface area contributed by atoms with E-state index in [1.807, 2.05) is 0 Å². The molecule has 28 heavy (non-hydrogen) atoms. The van der Waals surface area contributed by atoms with Crippen LogP contribution in [0.4, 0.5) is 17.6 Å². The van der Waals surface area contributed by atoms with Crippen molar-refractivity contribution in [1.29, 1.82) is 0 Å². The molecule has 4 nitrogen and oxygen atoms in total. The van der Waals surface area contributed by atoms with Crippen LogP contribution in [0.1, 0.15) is 5.56 Å². The van der Waals surface area contributed by atoms with E-state index >= 15 is 0 Å². The largest absolute Gasteiger partial charge is 0.416 e. The summed E-state index contributed by atoms with van der Waals surface area (Å²) in [7, 11) is 0. The summed E-state index contributed by atoms with van der Waals surface area (Å²) in [6.07, 6.45) is -2.46. The second-order valence-electron chi connectivity index (χ2n) is 6.67. The zero-order chi connectivity index (χ0) is 20.1. The molecule has 9 heteroatoms. The number of halogens is 5. The molecule has 3 aromatic rings. The minimum Gasteiger partial charge on any atom is -0.335 e. The molecule has 0 bridgehead atoms. The molecule has 2 aromatic heterocycles. The highest BCUT2D eigenvalue weighted by Crippen LogP contribution is 2.33. The van der Waals surface area contributed by atoms with Crippen LogP contribution in [0, 0.1) is 0 Å². The van der Waals surface area contributed by atoms with Crippen molar-refractivity contribution in [3.8, 4) is 11.1 Å². The third kappa shape index (κ3) is 3.44. The van der Waals surface area contributed by atoms with Crippen molar-refractivity contribution in [3.05, 3.63) is 53.3 Å². The summed E-state index contributed by atoms with van der Waals surface area (Å²) in [5, 5.41) is 0.324. The van der Waals surface area contributed by atoms with Gasteiger partial charge in [0.2, 0.25) is 5.91 Å². The van der Waals surface area contributed by atoms with Crippen LogP contribution in [0.25, 0.3) is 22.2 Å². The molecular weight excluding hydrogens is 398 g/mol. The van der Waals surface area contributed by atoms with E-state index in [4.69, 9.17) is 11.6 Å². The van der Waals surface area contributed by atoms with E-state index in [1.165, 1.54) is 17.2 Å². The highest BCUT2D eigenvalue weighted by Gasteiger charge is 2.31. The Morgan fingerprint density at radius 1 is 1.21 bits per heavy atom. The Balaban J connectivity index is 1.69. The number of likely N-dealkylation sites (tertiary alicyclic amines) is 1. The molecule has 1 aromatic carbocycles. The van der Waals surface area contributed by atoms with Crippen LogP contribution in [0.5, 0.6) is 0 Å². The summed E-state index contributed by atoms with van der Waals surface area (Å²) in [4.78, 5) is 17.9. The van der Waals surface area contributed by atoms with Gasteiger partial charge in [0.05, 0.1) is 29.2 Å². The highest BCUT2D eigenvalue weighted by molar-refractivity contribution is 6.35. The standard InChI is InChI=1S/C19H14ClF4N3O/c20-15-9-26(10-17(28)27-7-14(21)8-27)16-5-12(6-25-18(15)16)11-2-1-3-13(4-11)19(22,23)24/h1-6,9,14H,7-8,10H2. The van der Waals surface area contributed by atoms with E-state index < -0.39 is 17.9 Å². The molecule has 4 rings (SSSR count). The average molecular weight is 412 g/mol. The van der Waals surface area contributed by atoms with E-state index in [2.05, 4.69) is 4.98 Å². The van der Waals surface area contributed by atoms with Gasteiger partial charge in [0, 0.05) is 18.0 Å². The molecule has 0 N–H and O–H groups in total. The maximum atomic E-state index is 13.0. The van der Waals surface area contributed by atoms with Crippen molar-refractivity contribution in [3.63, 3.8) is 0 Å². The molecule has 1 saturated heterocycles. The van der Waals surface area contributed by atoms with Crippen molar-refractivity contribution in [2.24, 2.45) is 0 Å². The van der Waals surface area contributed by atoms with Crippen LogP contribution in [-0.4, -0.2) is 39.6 Å². The van der Waals surface area contributed by atoms with E-state index in [1.54, 1.807) is 22.9 Å². The van der Waals surface area contributed by atoms with Gasteiger partial charge in [0.25, 0.3) is 0 Å². The van der Waals surface area contributed by atoms with E-state index in [0.717, 1.165) is 12.1 Å². The average Bonchev–Trinajstić information content (AvgIpc) is 2.93. The lowest BCUT2D eigenvalue weighted by Gasteiger charge is -2.34. The monoisotopic (exact) mass is 411 g/mol. The number of carbonyl (C=O) groups excluding carboxylic acids is 1. The van der Waals surface area contributed by atoms with Crippen LogP contribution >= 0.6 is 11.6 Å². The van der Waals surface area contributed by atoms with Gasteiger partial charge in [-0.1, -0.05) is 23.7 Å². The van der Waals surface area contributed by atoms with Crippen molar-refractivity contribution < 1.29 is 22.4 Å². The zero-order valence-electron chi connectivity index (χ0n) is 14.4. The number of aromatic nitrogens is 2. The van der Waals surface area contributed by atoms with Gasteiger partial charge < -0.3 is 9.47 Å². The lowest BCUT2D eigenvalue weighted by molar-refractivity contribution is -0.139. The summed E-state index contributed by atoms with van der Waals surface area (Å²) in [5.74, 6) is -0.257. The smallest absolute Gasteiger partial charge is 0.335 e. The van der Waals surface area contributed by atoms with E-state index in [-0.39, 0.29) is 25.5 Å².